The summed E-state index contributed by atoms with van der Waals surface area (Å²) in [6.45, 7) is 1.89. The van der Waals surface area contributed by atoms with Crippen LogP contribution in [-0.4, -0.2) is 5.11 Å². The van der Waals surface area contributed by atoms with Crippen LogP contribution in [0.2, 0.25) is 10.0 Å². The van der Waals surface area contributed by atoms with Crippen molar-refractivity contribution in [3.63, 3.8) is 0 Å². The fourth-order valence-electron chi connectivity index (χ4n) is 1.73. The minimum Gasteiger partial charge on any atom is -0.466 e. The lowest BCUT2D eigenvalue weighted by Crippen LogP contribution is -2.02. The zero-order valence-corrected chi connectivity index (χ0v) is 10.8. The Bertz CT molecular complexity index is 520. The fourth-order valence-corrected chi connectivity index (χ4v) is 2.13. The van der Waals surface area contributed by atoms with Gasteiger partial charge in [0, 0.05) is 6.42 Å². The molecular formula is C13H12Cl2O2. The molecule has 90 valence electrons. The van der Waals surface area contributed by atoms with Gasteiger partial charge in [0.15, 0.2) is 0 Å². The van der Waals surface area contributed by atoms with Crippen LogP contribution < -0.4 is 0 Å². The van der Waals surface area contributed by atoms with Crippen molar-refractivity contribution < 1.29 is 9.52 Å². The SMILES string of the molecule is Cc1ccoc1C(O)Cc1cccc(Cl)c1Cl. The highest BCUT2D eigenvalue weighted by molar-refractivity contribution is 6.42. The van der Waals surface area contributed by atoms with Gasteiger partial charge in [-0.3, -0.25) is 0 Å². The summed E-state index contributed by atoms with van der Waals surface area (Å²) in [6, 6.07) is 7.19. The Morgan fingerprint density at radius 3 is 2.71 bits per heavy atom. The van der Waals surface area contributed by atoms with Gasteiger partial charge in [-0.05, 0) is 30.2 Å². The lowest BCUT2D eigenvalue weighted by atomic mass is 10.0. The van der Waals surface area contributed by atoms with E-state index in [1.807, 2.05) is 25.1 Å². The van der Waals surface area contributed by atoms with E-state index in [0.29, 0.717) is 22.2 Å². The smallest absolute Gasteiger partial charge is 0.135 e. The molecule has 17 heavy (non-hydrogen) atoms. The van der Waals surface area contributed by atoms with Crippen molar-refractivity contribution in [2.24, 2.45) is 0 Å². The van der Waals surface area contributed by atoms with E-state index in [0.717, 1.165) is 11.1 Å². The molecule has 4 heteroatoms. The van der Waals surface area contributed by atoms with Crippen LogP contribution >= 0.6 is 23.2 Å². The van der Waals surface area contributed by atoms with Crippen LogP contribution in [-0.2, 0) is 6.42 Å². The Morgan fingerprint density at radius 1 is 1.29 bits per heavy atom. The van der Waals surface area contributed by atoms with E-state index in [-0.39, 0.29) is 0 Å². The van der Waals surface area contributed by atoms with Crippen molar-refractivity contribution in [2.75, 3.05) is 0 Å². The number of benzene rings is 1. The zero-order valence-electron chi connectivity index (χ0n) is 9.28. The number of furan rings is 1. The molecule has 0 bridgehead atoms. The molecule has 0 aliphatic carbocycles. The summed E-state index contributed by atoms with van der Waals surface area (Å²) in [5.41, 5.74) is 1.73. The van der Waals surface area contributed by atoms with Gasteiger partial charge in [-0.15, -0.1) is 0 Å². The van der Waals surface area contributed by atoms with Crippen LogP contribution in [0.3, 0.4) is 0 Å². The molecule has 1 unspecified atom stereocenters. The molecule has 0 radical (unpaired) electrons. The number of halogens is 2. The normalized spacial score (nSPS) is 12.7. The third-order valence-electron chi connectivity index (χ3n) is 2.65. The maximum Gasteiger partial charge on any atom is 0.135 e. The number of hydrogen-bond donors (Lipinski definition) is 1. The number of aliphatic hydroxyl groups is 1. The number of aryl methyl sites for hydroxylation is 1. The number of hydrogen-bond acceptors (Lipinski definition) is 2. The van der Waals surface area contributed by atoms with Crippen molar-refractivity contribution in [3.05, 3.63) is 57.5 Å². The first kappa shape index (κ1) is 12.5. The maximum absolute atomic E-state index is 10.1. The van der Waals surface area contributed by atoms with Gasteiger partial charge in [-0.25, -0.2) is 0 Å². The molecule has 0 aliphatic heterocycles. The van der Waals surface area contributed by atoms with Gasteiger partial charge in [-0.1, -0.05) is 35.3 Å². The van der Waals surface area contributed by atoms with Gasteiger partial charge in [0.25, 0.3) is 0 Å². The summed E-state index contributed by atoms with van der Waals surface area (Å²) in [7, 11) is 0. The Balaban J connectivity index is 2.22. The summed E-state index contributed by atoms with van der Waals surface area (Å²) in [5, 5.41) is 11.0. The third-order valence-corrected chi connectivity index (χ3v) is 3.51. The average Bonchev–Trinajstić information content (AvgIpc) is 2.71. The molecule has 1 heterocycles. The molecule has 1 atom stereocenters. The fraction of sp³-hybridized carbons (Fsp3) is 0.231. The second-order valence-electron chi connectivity index (χ2n) is 3.90. The van der Waals surface area contributed by atoms with E-state index < -0.39 is 6.10 Å². The molecule has 2 rings (SSSR count). The van der Waals surface area contributed by atoms with E-state index >= 15 is 0 Å². The van der Waals surface area contributed by atoms with E-state index in [9.17, 15) is 5.11 Å². The Hall–Kier alpha value is -0.960. The number of rotatable bonds is 3. The first-order valence-corrected chi connectivity index (χ1v) is 6.00. The first-order chi connectivity index (χ1) is 8.09. The topological polar surface area (TPSA) is 33.4 Å². The molecule has 0 spiro atoms. The van der Waals surface area contributed by atoms with Gasteiger partial charge in [0.05, 0.1) is 16.3 Å². The number of aliphatic hydroxyl groups excluding tert-OH is 1. The highest BCUT2D eigenvalue weighted by atomic mass is 35.5. The van der Waals surface area contributed by atoms with E-state index in [1.54, 1.807) is 12.3 Å². The minimum atomic E-state index is -0.707. The maximum atomic E-state index is 10.1. The second kappa shape index (κ2) is 5.13. The van der Waals surface area contributed by atoms with Crippen molar-refractivity contribution in [1.82, 2.24) is 0 Å². The predicted octanol–water partition coefficient (Wildman–Crippen LogP) is 4.17. The summed E-state index contributed by atoms with van der Waals surface area (Å²) < 4.78 is 5.24. The van der Waals surface area contributed by atoms with Crippen LogP contribution in [0, 0.1) is 6.92 Å². The van der Waals surface area contributed by atoms with Crippen molar-refractivity contribution in [1.29, 1.82) is 0 Å². The molecular weight excluding hydrogens is 259 g/mol. The van der Waals surface area contributed by atoms with Crippen LogP contribution in [0.5, 0.6) is 0 Å². The standard InChI is InChI=1S/C13H12Cl2O2/c1-8-5-6-17-13(8)11(16)7-9-3-2-4-10(14)12(9)15/h2-6,11,16H,7H2,1H3. The third kappa shape index (κ3) is 2.65. The minimum absolute atomic E-state index is 0.383. The monoisotopic (exact) mass is 270 g/mol. The van der Waals surface area contributed by atoms with Gasteiger partial charge >= 0.3 is 0 Å². The van der Waals surface area contributed by atoms with E-state index in [4.69, 9.17) is 27.6 Å². The van der Waals surface area contributed by atoms with Crippen LogP contribution in [0.25, 0.3) is 0 Å². The second-order valence-corrected chi connectivity index (χ2v) is 4.69. The van der Waals surface area contributed by atoms with Gasteiger partial charge in [0.2, 0.25) is 0 Å². The molecule has 0 fully saturated rings. The largest absolute Gasteiger partial charge is 0.466 e. The Kier molecular flexibility index (Phi) is 3.77. The van der Waals surface area contributed by atoms with Crippen molar-refractivity contribution in [2.45, 2.75) is 19.4 Å². The molecule has 0 saturated carbocycles. The Morgan fingerprint density at radius 2 is 2.06 bits per heavy atom. The lowest BCUT2D eigenvalue weighted by molar-refractivity contribution is 0.149. The average molecular weight is 271 g/mol. The van der Waals surface area contributed by atoms with Gasteiger partial charge in [0.1, 0.15) is 11.9 Å². The predicted molar refractivity (Wildman–Crippen MR) is 68.6 cm³/mol. The summed E-state index contributed by atoms with van der Waals surface area (Å²) in [5.74, 6) is 0.570. The Labute approximate surface area is 110 Å². The van der Waals surface area contributed by atoms with Crippen LogP contribution in [0.1, 0.15) is 23.0 Å². The van der Waals surface area contributed by atoms with Gasteiger partial charge in [-0.2, -0.15) is 0 Å². The molecule has 0 saturated heterocycles. The highest BCUT2D eigenvalue weighted by Crippen LogP contribution is 2.30. The quantitative estimate of drug-likeness (QED) is 0.908. The van der Waals surface area contributed by atoms with Crippen molar-refractivity contribution in [3.8, 4) is 0 Å². The molecule has 2 nitrogen and oxygen atoms in total. The lowest BCUT2D eigenvalue weighted by Gasteiger charge is -2.11. The van der Waals surface area contributed by atoms with E-state index in [2.05, 4.69) is 0 Å². The summed E-state index contributed by atoms with van der Waals surface area (Å²) in [6.07, 6.45) is 1.24. The zero-order chi connectivity index (χ0) is 12.4. The van der Waals surface area contributed by atoms with Crippen LogP contribution in [0.4, 0.5) is 0 Å². The van der Waals surface area contributed by atoms with E-state index in [1.165, 1.54) is 0 Å². The molecule has 0 aliphatic rings. The molecule has 0 amide bonds. The first-order valence-electron chi connectivity index (χ1n) is 5.24. The van der Waals surface area contributed by atoms with Crippen molar-refractivity contribution >= 4 is 23.2 Å². The summed E-state index contributed by atoms with van der Waals surface area (Å²) in [4.78, 5) is 0. The molecule has 1 N–H and O–H groups in total. The molecule has 1 aromatic carbocycles. The molecule has 1 aromatic heterocycles. The summed E-state index contributed by atoms with van der Waals surface area (Å²) >= 11 is 12.0. The molecule has 2 aromatic rings. The highest BCUT2D eigenvalue weighted by Gasteiger charge is 2.16. The van der Waals surface area contributed by atoms with Gasteiger partial charge < -0.3 is 9.52 Å². The van der Waals surface area contributed by atoms with Crippen LogP contribution in [0.15, 0.2) is 34.9 Å².